The highest BCUT2D eigenvalue weighted by atomic mass is 16.5. The number of aliphatic hydroxyl groups is 1. The molecule has 0 aliphatic carbocycles. The van der Waals surface area contributed by atoms with Crippen molar-refractivity contribution in [2.45, 2.75) is 33.5 Å². The predicted molar refractivity (Wildman–Crippen MR) is 83.9 cm³/mol. The second kappa shape index (κ2) is 6.64. The zero-order chi connectivity index (χ0) is 15.4. The summed E-state index contributed by atoms with van der Waals surface area (Å²) >= 11 is 0. The highest BCUT2D eigenvalue weighted by Crippen LogP contribution is 2.30. The number of hydrogen-bond acceptors (Lipinski definition) is 3. The molecule has 0 aliphatic heterocycles. The van der Waals surface area contributed by atoms with Gasteiger partial charge in [-0.2, -0.15) is 0 Å². The normalized spacial score (nSPS) is 12.0. The molecular weight excluding hydrogens is 264 g/mol. The van der Waals surface area contributed by atoms with Gasteiger partial charge in [-0.25, -0.2) is 0 Å². The molecule has 0 aromatic heterocycles. The summed E-state index contributed by atoms with van der Waals surface area (Å²) in [7, 11) is 1.62. The Hall–Kier alpha value is -2.00. The van der Waals surface area contributed by atoms with Crippen LogP contribution in [0.2, 0.25) is 0 Å². The van der Waals surface area contributed by atoms with Gasteiger partial charge in [-0.15, -0.1) is 0 Å². The lowest BCUT2D eigenvalue weighted by Gasteiger charge is -2.16. The first kappa shape index (κ1) is 15.4. The van der Waals surface area contributed by atoms with Gasteiger partial charge in [0.15, 0.2) is 0 Å². The van der Waals surface area contributed by atoms with Crippen molar-refractivity contribution in [3.05, 3.63) is 58.7 Å². The molecule has 0 radical (unpaired) electrons. The molecule has 0 fully saturated rings. The number of aliphatic hydroxyl groups excluding tert-OH is 1. The van der Waals surface area contributed by atoms with E-state index < -0.39 is 6.10 Å². The lowest BCUT2D eigenvalue weighted by Crippen LogP contribution is -2.04. The zero-order valence-electron chi connectivity index (χ0n) is 13.0. The third-order valence-corrected chi connectivity index (χ3v) is 3.69. The van der Waals surface area contributed by atoms with Crippen LogP contribution in [0, 0.1) is 13.8 Å². The van der Waals surface area contributed by atoms with Crippen molar-refractivity contribution in [1.82, 2.24) is 0 Å². The van der Waals surface area contributed by atoms with Gasteiger partial charge in [-0.3, -0.25) is 0 Å². The molecule has 0 amide bonds. The number of methoxy groups -OCH3 is 1. The van der Waals surface area contributed by atoms with E-state index in [1.807, 2.05) is 24.3 Å². The van der Waals surface area contributed by atoms with Crippen LogP contribution in [0.15, 0.2) is 36.4 Å². The van der Waals surface area contributed by atoms with Crippen molar-refractivity contribution >= 4 is 0 Å². The third-order valence-electron chi connectivity index (χ3n) is 3.69. The molecule has 1 N–H and O–H groups in total. The minimum Gasteiger partial charge on any atom is -0.497 e. The quantitative estimate of drug-likeness (QED) is 0.904. The van der Waals surface area contributed by atoms with E-state index in [0.29, 0.717) is 12.4 Å². The highest BCUT2D eigenvalue weighted by molar-refractivity contribution is 5.42. The zero-order valence-corrected chi connectivity index (χ0v) is 13.0. The number of ether oxygens (including phenoxy) is 2. The number of hydrogen-bond donors (Lipinski definition) is 1. The molecule has 3 nitrogen and oxygen atoms in total. The van der Waals surface area contributed by atoms with Gasteiger partial charge in [0, 0.05) is 11.6 Å². The molecule has 0 saturated heterocycles. The first-order chi connectivity index (χ1) is 10.0. The van der Waals surface area contributed by atoms with Crippen LogP contribution in [0.3, 0.4) is 0 Å². The van der Waals surface area contributed by atoms with Gasteiger partial charge in [0.05, 0.1) is 13.2 Å². The average Bonchev–Trinajstić information content (AvgIpc) is 2.46. The van der Waals surface area contributed by atoms with E-state index in [4.69, 9.17) is 9.47 Å². The van der Waals surface area contributed by atoms with Crippen LogP contribution in [-0.4, -0.2) is 12.2 Å². The van der Waals surface area contributed by atoms with Gasteiger partial charge < -0.3 is 14.6 Å². The summed E-state index contributed by atoms with van der Waals surface area (Å²) in [6.45, 7) is 6.36. The van der Waals surface area contributed by atoms with Crippen molar-refractivity contribution in [2.24, 2.45) is 0 Å². The first-order valence-electron chi connectivity index (χ1n) is 7.07. The Morgan fingerprint density at radius 2 is 1.76 bits per heavy atom. The molecule has 0 spiro atoms. The average molecular weight is 286 g/mol. The summed E-state index contributed by atoms with van der Waals surface area (Å²) in [6.07, 6.45) is -0.580. The van der Waals surface area contributed by atoms with Crippen molar-refractivity contribution in [2.75, 3.05) is 7.11 Å². The van der Waals surface area contributed by atoms with Crippen molar-refractivity contribution < 1.29 is 14.6 Å². The smallest absolute Gasteiger partial charge is 0.129 e. The van der Waals surface area contributed by atoms with E-state index >= 15 is 0 Å². The molecule has 1 atom stereocenters. The standard InChI is InChI=1S/C18H22O3/c1-12-6-5-7-13(2)17(12)11-21-18-10-15(20-4)8-9-16(18)14(3)19/h5-10,14,19H,11H2,1-4H3/t14-/m1/s1. The van der Waals surface area contributed by atoms with Gasteiger partial charge in [-0.05, 0) is 49.6 Å². The van der Waals surface area contributed by atoms with Gasteiger partial charge in [0.25, 0.3) is 0 Å². The monoisotopic (exact) mass is 286 g/mol. The predicted octanol–water partition coefficient (Wildman–Crippen LogP) is 3.94. The summed E-state index contributed by atoms with van der Waals surface area (Å²) < 4.78 is 11.2. The molecule has 2 rings (SSSR count). The number of aryl methyl sites for hydroxylation is 2. The largest absolute Gasteiger partial charge is 0.497 e. The van der Waals surface area contributed by atoms with E-state index in [1.165, 1.54) is 16.7 Å². The molecule has 0 heterocycles. The van der Waals surface area contributed by atoms with Gasteiger partial charge in [0.1, 0.15) is 18.1 Å². The fourth-order valence-corrected chi connectivity index (χ4v) is 2.34. The van der Waals surface area contributed by atoms with Gasteiger partial charge in [0.2, 0.25) is 0 Å². The SMILES string of the molecule is COc1ccc([C@@H](C)O)c(OCc2c(C)cccc2C)c1. The Morgan fingerprint density at radius 3 is 2.33 bits per heavy atom. The molecule has 3 heteroatoms. The Balaban J connectivity index is 2.26. The fraction of sp³-hybridized carbons (Fsp3) is 0.333. The lowest BCUT2D eigenvalue weighted by atomic mass is 10.0. The summed E-state index contributed by atoms with van der Waals surface area (Å²) in [4.78, 5) is 0. The molecular formula is C18H22O3. The second-order valence-electron chi connectivity index (χ2n) is 5.24. The molecule has 2 aromatic rings. The fourth-order valence-electron chi connectivity index (χ4n) is 2.34. The maximum Gasteiger partial charge on any atom is 0.129 e. The van der Waals surface area contributed by atoms with Crippen LogP contribution in [0.4, 0.5) is 0 Å². The van der Waals surface area contributed by atoms with Crippen LogP contribution in [-0.2, 0) is 6.61 Å². The molecule has 21 heavy (non-hydrogen) atoms. The van der Waals surface area contributed by atoms with Crippen LogP contribution in [0.5, 0.6) is 11.5 Å². The maximum absolute atomic E-state index is 9.85. The van der Waals surface area contributed by atoms with Crippen LogP contribution >= 0.6 is 0 Å². The topological polar surface area (TPSA) is 38.7 Å². The summed E-state index contributed by atoms with van der Waals surface area (Å²) in [5.41, 5.74) is 4.35. The molecule has 112 valence electrons. The van der Waals surface area contributed by atoms with Crippen LogP contribution < -0.4 is 9.47 Å². The third kappa shape index (κ3) is 3.56. The van der Waals surface area contributed by atoms with Crippen LogP contribution in [0.25, 0.3) is 0 Å². The Bertz CT molecular complexity index is 598. The summed E-state index contributed by atoms with van der Waals surface area (Å²) in [5, 5.41) is 9.85. The first-order valence-corrected chi connectivity index (χ1v) is 7.07. The lowest BCUT2D eigenvalue weighted by molar-refractivity contribution is 0.189. The summed E-state index contributed by atoms with van der Waals surface area (Å²) in [6, 6.07) is 11.7. The van der Waals surface area contributed by atoms with E-state index in [1.54, 1.807) is 14.0 Å². The maximum atomic E-state index is 9.85. The molecule has 0 saturated carbocycles. The Labute approximate surface area is 126 Å². The molecule has 0 bridgehead atoms. The van der Waals surface area contributed by atoms with E-state index in [-0.39, 0.29) is 0 Å². The van der Waals surface area contributed by atoms with Crippen molar-refractivity contribution in [1.29, 1.82) is 0 Å². The minimum absolute atomic E-state index is 0.478. The molecule has 0 aliphatic rings. The minimum atomic E-state index is -0.580. The van der Waals surface area contributed by atoms with Crippen molar-refractivity contribution in [3.63, 3.8) is 0 Å². The van der Waals surface area contributed by atoms with Crippen LogP contribution in [0.1, 0.15) is 35.3 Å². The van der Waals surface area contributed by atoms with Gasteiger partial charge >= 0.3 is 0 Å². The van der Waals surface area contributed by atoms with Crippen molar-refractivity contribution in [3.8, 4) is 11.5 Å². The number of rotatable bonds is 5. The van der Waals surface area contributed by atoms with E-state index in [0.717, 1.165) is 11.3 Å². The molecule has 2 aromatic carbocycles. The summed E-state index contributed by atoms with van der Waals surface area (Å²) in [5.74, 6) is 1.38. The highest BCUT2D eigenvalue weighted by Gasteiger charge is 2.12. The second-order valence-corrected chi connectivity index (χ2v) is 5.24. The Morgan fingerprint density at radius 1 is 1.10 bits per heavy atom. The Kier molecular flexibility index (Phi) is 4.86. The van der Waals surface area contributed by atoms with E-state index in [9.17, 15) is 5.11 Å². The molecule has 0 unspecified atom stereocenters. The van der Waals surface area contributed by atoms with Gasteiger partial charge in [-0.1, -0.05) is 18.2 Å². The van der Waals surface area contributed by atoms with E-state index in [2.05, 4.69) is 26.0 Å². The number of benzene rings is 2.